The molecule has 0 aliphatic rings. The third kappa shape index (κ3) is 6.70. The summed E-state index contributed by atoms with van der Waals surface area (Å²) < 4.78 is 43.7. The van der Waals surface area contributed by atoms with Gasteiger partial charge in [0.2, 0.25) is 5.91 Å². The normalized spacial score (nSPS) is 12.6. The summed E-state index contributed by atoms with van der Waals surface area (Å²) in [5.41, 5.74) is 1.95. The van der Waals surface area contributed by atoms with Gasteiger partial charge >= 0.3 is 0 Å². The second-order valence-corrected chi connectivity index (χ2v) is 8.16. The first-order valence-electron chi connectivity index (χ1n) is 9.94. The van der Waals surface area contributed by atoms with Crippen LogP contribution in [0.4, 0.5) is 5.69 Å². The average molecular weight is 479 g/mol. The highest BCUT2D eigenvalue weighted by Gasteiger charge is 2.23. The van der Waals surface area contributed by atoms with Crippen LogP contribution in [0.2, 0.25) is 0 Å². The predicted molar refractivity (Wildman–Crippen MR) is 128 cm³/mol. The van der Waals surface area contributed by atoms with Crippen molar-refractivity contribution in [3.05, 3.63) is 53.1 Å². The van der Waals surface area contributed by atoms with Crippen LogP contribution in [0.1, 0.15) is 16.7 Å². The van der Waals surface area contributed by atoms with E-state index in [1.807, 2.05) is 18.2 Å². The zero-order chi connectivity index (χ0) is 24.5. The molecule has 1 unspecified atom stereocenters. The molecule has 2 rings (SSSR count). The molecule has 10 heteroatoms. The predicted octanol–water partition coefficient (Wildman–Crippen LogP) is 3.04. The Bertz CT molecular complexity index is 1040. The van der Waals surface area contributed by atoms with Crippen LogP contribution in [-0.4, -0.2) is 68.6 Å². The van der Waals surface area contributed by atoms with E-state index in [0.29, 0.717) is 45.4 Å². The van der Waals surface area contributed by atoms with Gasteiger partial charge in [-0.25, -0.2) is 4.21 Å². The Balaban J connectivity index is 2.74. The molecule has 0 radical (unpaired) electrons. The lowest BCUT2D eigenvalue weighted by Gasteiger charge is -2.20. The molecule has 2 aromatic carbocycles. The maximum atomic E-state index is 12.3. The Labute approximate surface area is 196 Å². The lowest BCUT2D eigenvalue weighted by atomic mass is 10.0. The molecule has 0 aliphatic heterocycles. The Kier molecular flexibility index (Phi) is 9.71. The molecule has 0 fully saturated rings. The van der Waals surface area contributed by atoms with Crippen molar-refractivity contribution in [2.24, 2.45) is 0 Å². The van der Waals surface area contributed by atoms with Gasteiger partial charge in [0.05, 0.1) is 52.0 Å². The number of para-hydroxylation sites is 1. The summed E-state index contributed by atoms with van der Waals surface area (Å²) in [6.45, 7) is 0.164. The summed E-state index contributed by atoms with van der Waals surface area (Å²) >= 11 is -2.16. The van der Waals surface area contributed by atoms with E-state index in [-0.39, 0.29) is 18.2 Å². The number of methoxy groups -OCH3 is 4. The van der Waals surface area contributed by atoms with Crippen molar-refractivity contribution in [1.82, 2.24) is 4.90 Å². The van der Waals surface area contributed by atoms with E-state index in [1.54, 1.807) is 44.3 Å². The minimum absolute atomic E-state index is 0.164. The third-order valence-corrected chi connectivity index (χ3v) is 5.21. The fourth-order valence-electron chi connectivity index (χ4n) is 3.31. The standard InChI is InChI=1S/C23H30N2O7S/c1-25(2)13-21(26)24-18-11-15(14-33(27)28)17(12-20(18)30-4)23(32-6)22(31-5)16-9-7-8-10-19(16)29-3/h7-12H,13-14H2,1-6H3,(H,24,26)(H,27,28). The Morgan fingerprint density at radius 1 is 0.970 bits per heavy atom. The quantitative estimate of drug-likeness (QED) is 0.288. The molecule has 2 N–H and O–H groups in total. The molecule has 2 aromatic rings. The molecule has 0 bridgehead atoms. The lowest BCUT2D eigenvalue weighted by Crippen LogP contribution is -2.27. The van der Waals surface area contributed by atoms with Crippen LogP contribution < -0.4 is 14.8 Å². The molecule has 1 amide bonds. The van der Waals surface area contributed by atoms with Crippen LogP contribution in [0.25, 0.3) is 11.5 Å². The highest BCUT2D eigenvalue weighted by Crippen LogP contribution is 2.38. The Morgan fingerprint density at radius 2 is 1.58 bits per heavy atom. The number of ether oxygens (including phenoxy) is 4. The van der Waals surface area contributed by atoms with E-state index in [4.69, 9.17) is 18.9 Å². The number of hydrogen-bond acceptors (Lipinski definition) is 7. The summed E-state index contributed by atoms with van der Waals surface area (Å²) in [5.74, 6) is 1.14. The van der Waals surface area contributed by atoms with Crippen molar-refractivity contribution in [2.75, 3.05) is 54.4 Å². The number of hydrogen-bond donors (Lipinski definition) is 2. The monoisotopic (exact) mass is 478 g/mol. The van der Waals surface area contributed by atoms with Crippen molar-refractivity contribution >= 4 is 34.2 Å². The topological polar surface area (TPSA) is 107 Å². The maximum absolute atomic E-state index is 12.3. The molecule has 0 heterocycles. The highest BCUT2D eigenvalue weighted by atomic mass is 32.2. The minimum atomic E-state index is -2.16. The van der Waals surface area contributed by atoms with E-state index < -0.39 is 11.1 Å². The van der Waals surface area contributed by atoms with E-state index >= 15 is 0 Å². The highest BCUT2D eigenvalue weighted by molar-refractivity contribution is 7.78. The van der Waals surface area contributed by atoms with Crippen LogP contribution in [0.15, 0.2) is 36.4 Å². The molecule has 9 nitrogen and oxygen atoms in total. The smallest absolute Gasteiger partial charge is 0.238 e. The molecule has 0 saturated heterocycles. The van der Waals surface area contributed by atoms with Gasteiger partial charge in [0.1, 0.15) is 11.5 Å². The summed E-state index contributed by atoms with van der Waals surface area (Å²) in [4.78, 5) is 14.0. The van der Waals surface area contributed by atoms with Gasteiger partial charge in [0, 0.05) is 5.56 Å². The lowest BCUT2D eigenvalue weighted by molar-refractivity contribution is -0.116. The van der Waals surface area contributed by atoms with Crippen LogP contribution in [0.3, 0.4) is 0 Å². The molecular weight excluding hydrogens is 448 g/mol. The van der Waals surface area contributed by atoms with Crippen LogP contribution in [0, 0.1) is 0 Å². The summed E-state index contributed by atoms with van der Waals surface area (Å²) in [5, 5.41) is 2.79. The van der Waals surface area contributed by atoms with E-state index in [0.717, 1.165) is 0 Å². The van der Waals surface area contributed by atoms with Crippen molar-refractivity contribution in [3.8, 4) is 11.5 Å². The number of anilines is 1. The summed E-state index contributed by atoms with van der Waals surface area (Å²) in [7, 11) is 9.55. The molecular formula is C23H30N2O7S. The van der Waals surface area contributed by atoms with Crippen molar-refractivity contribution in [1.29, 1.82) is 0 Å². The minimum Gasteiger partial charge on any atom is -0.496 e. The molecule has 180 valence electrons. The number of likely N-dealkylation sites (N-methyl/N-ethyl adjacent to an activating group) is 1. The van der Waals surface area contributed by atoms with E-state index in [2.05, 4.69) is 5.32 Å². The molecule has 1 atom stereocenters. The zero-order valence-corrected chi connectivity index (χ0v) is 20.4. The third-order valence-electron chi connectivity index (χ3n) is 4.65. The number of nitrogens with one attached hydrogen (secondary N) is 1. The molecule has 33 heavy (non-hydrogen) atoms. The molecule has 0 saturated carbocycles. The fourth-order valence-corrected chi connectivity index (χ4v) is 3.82. The van der Waals surface area contributed by atoms with Gasteiger partial charge in [-0.1, -0.05) is 12.1 Å². The number of benzene rings is 2. The number of nitrogens with zero attached hydrogens (tertiary/aromatic N) is 1. The summed E-state index contributed by atoms with van der Waals surface area (Å²) in [6, 6.07) is 10.5. The zero-order valence-electron chi connectivity index (χ0n) is 19.6. The van der Waals surface area contributed by atoms with Crippen molar-refractivity contribution < 1.29 is 32.5 Å². The SMILES string of the molecule is COC(=C(OC)c1ccccc1OC)c1cc(OC)c(NC(=O)CN(C)C)cc1CS(=O)O. The average Bonchev–Trinajstić information content (AvgIpc) is 2.77. The second kappa shape index (κ2) is 12.2. The Morgan fingerprint density at radius 3 is 2.12 bits per heavy atom. The number of carbonyl (C=O) groups is 1. The number of amides is 1. The molecule has 0 aliphatic carbocycles. The van der Waals surface area contributed by atoms with Gasteiger partial charge < -0.3 is 33.7 Å². The maximum Gasteiger partial charge on any atom is 0.238 e. The first-order chi connectivity index (χ1) is 15.7. The first-order valence-corrected chi connectivity index (χ1v) is 11.2. The number of rotatable bonds is 11. The van der Waals surface area contributed by atoms with Crippen molar-refractivity contribution in [3.63, 3.8) is 0 Å². The van der Waals surface area contributed by atoms with Crippen LogP contribution >= 0.6 is 0 Å². The molecule has 0 spiro atoms. The van der Waals surface area contributed by atoms with Crippen LogP contribution in [0.5, 0.6) is 11.5 Å². The van der Waals surface area contributed by atoms with Gasteiger partial charge in [0.15, 0.2) is 22.6 Å². The first kappa shape index (κ1) is 26.2. The van der Waals surface area contributed by atoms with E-state index in [9.17, 15) is 13.6 Å². The van der Waals surface area contributed by atoms with Crippen LogP contribution in [-0.2, 0) is 31.1 Å². The van der Waals surface area contributed by atoms with Gasteiger partial charge in [-0.15, -0.1) is 0 Å². The molecule has 0 aromatic heterocycles. The Hall–Kier alpha value is -3.08. The van der Waals surface area contributed by atoms with E-state index in [1.165, 1.54) is 21.3 Å². The van der Waals surface area contributed by atoms with Gasteiger partial charge in [-0.3, -0.25) is 4.79 Å². The largest absolute Gasteiger partial charge is 0.496 e. The van der Waals surface area contributed by atoms with Crippen molar-refractivity contribution in [2.45, 2.75) is 5.75 Å². The van der Waals surface area contributed by atoms with Gasteiger partial charge in [0.25, 0.3) is 0 Å². The van der Waals surface area contributed by atoms with Gasteiger partial charge in [-0.05, 0) is 43.9 Å². The number of carbonyl (C=O) groups excluding carboxylic acids is 1. The summed E-state index contributed by atoms with van der Waals surface area (Å²) in [6.07, 6.45) is 0. The van der Waals surface area contributed by atoms with Gasteiger partial charge in [-0.2, -0.15) is 0 Å². The second-order valence-electron chi connectivity index (χ2n) is 7.23. The fraction of sp³-hybridized carbons (Fsp3) is 0.348.